The highest BCUT2D eigenvalue weighted by molar-refractivity contribution is 5.92. The van der Waals surface area contributed by atoms with E-state index in [0.29, 0.717) is 60.9 Å². The third-order valence-electron chi connectivity index (χ3n) is 7.08. The summed E-state index contributed by atoms with van der Waals surface area (Å²) in [5.41, 5.74) is 6.52. The second kappa shape index (κ2) is 11.6. The van der Waals surface area contributed by atoms with Crippen LogP contribution in [0.3, 0.4) is 0 Å². The van der Waals surface area contributed by atoms with E-state index in [1.54, 1.807) is 24.3 Å². The van der Waals surface area contributed by atoms with Gasteiger partial charge in [-0.1, -0.05) is 6.08 Å². The molecule has 5 rings (SSSR count). The van der Waals surface area contributed by atoms with E-state index in [2.05, 4.69) is 25.5 Å². The van der Waals surface area contributed by atoms with E-state index >= 15 is 0 Å². The van der Waals surface area contributed by atoms with Gasteiger partial charge < -0.3 is 26.0 Å². The summed E-state index contributed by atoms with van der Waals surface area (Å²) in [4.78, 5) is 34.6. The van der Waals surface area contributed by atoms with Crippen molar-refractivity contribution in [1.82, 2.24) is 20.2 Å². The molecule has 214 valence electrons. The second-order valence-electron chi connectivity index (χ2n) is 10.1. The van der Waals surface area contributed by atoms with Crippen LogP contribution in [0, 0.1) is 5.92 Å². The van der Waals surface area contributed by atoms with Crippen molar-refractivity contribution in [1.29, 1.82) is 0 Å². The minimum atomic E-state index is -4.47. The van der Waals surface area contributed by atoms with Gasteiger partial charge in [-0.15, -0.1) is 0 Å². The maximum absolute atomic E-state index is 13.5. The quantitative estimate of drug-likeness (QED) is 0.371. The fourth-order valence-electron chi connectivity index (χ4n) is 4.72. The summed E-state index contributed by atoms with van der Waals surface area (Å²) in [5, 5.41) is 5.86. The fourth-order valence-corrected chi connectivity index (χ4v) is 4.72. The minimum Gasteiger partial charge on any atom is -0.457 e. The van der Waals surface area contributed by atoms with Gasteiger partial charge in [0.1, 0.15) is 23.0 Å². The molecule has 2 amide bonds. The summed E-state index contributed by atoms with van der Waals surface area (Å²) in [6.07, 6.45) is -1.26. The average Bonchev–Trinajstić information content (AvgIpc) is 3.36. The molecule has 1 unspecified atom stereocenters. The van der Waals surface area contributed by atoms with Gasteiger partial charge in [0.2, 0.25) is 5.91 Å². The molecule has 9 nitrogen and oxygen atoms in total. The Morgan fingerprint density at radius 3 is 2.59 bits per heavy atom. The number of likely N-dealkylation sites (N-methyl/N-ethyl adjacent to an activating group) is 1. The van der Waals surface area contributed by atoms with Gasteiger partial charge in [0.25, 0.3) is 5.91 Å². The number of nitrogens with two attached hydrogens (primary N) is 1. The Labute approximate surface area is 234 Å². The summed E-state index contributed by atoms with van der Waals surface area (Å²) in [5.74, 6) is 0.329. The second-order valence-corrected chi connectivity index (χ2v) is 10.1. The number of ether oxygens (including phenoxy) is 1. The number of hydrogen-bond acceptors (Lipinski definition) is 7. The van der Waals surface area contributed by atoms with E-state index in [9.17, 15) is 22.8 Å². The lowest BCUT2D eigenvalue weighted by Crippen LogP contribution is -2.25. The van der Waals surface area contributed by atoms with Crippen molar-refractivity contribution in [3.63, 3.8) is 0 Å². The summed E-state index contributed by atoms with van der Waals surface area (Å²) in [6, 6.07) is 11.6. The van der Waals surface area contributed by atoms with Gasteiger partial charge >= 0.3 is 6.18 Å². The molecule has 0 bridgehead atoms. The monoisotopic (exact) mass is 566 g/mol. The molecule has 0 aliphatic carbocycles. The molecular formula is C29H29F3N6O3. The van der Waals surface area contributed by atoms with Crippen molar-refractivity contribution in [2.75, 3.05) is 38.5 Å². The summed E-state index contributed by atoms with van der Waals surface area (Å²) >= 11 is 0. The predicted octanol–water partition coefficient (Wildman–Crippen LogP) is 4.32. The Morgan fingerprint density at radius 2 is 1.95 bits per heavy atom. The number of hydrogen-bond donors (Lipinski definition) is 3. The molecule has 1 saturated heterocycles. The zero-order valence-corrected chi connectivity index (χ0v) is 22.3. The summed E-state index contributed by atoms with van der Waals surface area (Å²) in [7, 11) is 1.95. The van der Waals surface area contributed by atoms with Crippen molar-refractivity contribution in [2.45, 2.75) is 19.0 Å². The molecule has 2 aliphatic heterocycles. The molecule has 4 N–H and O–H groups in total. The van der Waals surface area contributed by atoms with Crippen LogP contribution in [-0.4, -0.2) is 59.9 Å². The predicted molar refractivity (Wildman–Crippen MR) is 147 cm³/mol. The van der Waals surface area contributed by atoms with Crippen LogP contribution in [-0.2, 0) is 11.0 Å². The minimum absolute atomic E-state index is 0.00879. The van der Waals surface area contributed by atoms with Crippen molar-refractivity contribution in [3.8, 4) is 22.9 Å². The molecular weight excluding hydrogens is 537 g/mol. The van der Waals surface area contributed by atoms with Crippen LogP contribution in [0.15, 0.2) is 54.6 Å². The average molecular weight is 567 g/mol. The molecule has 2 aliphatic rings. The lowest BCUT2D eigenvalue weighted by molar-refractivity contribution is -0.137. The zero-order chi connectivity index (χ0) is 29.1. The third-order valence-corrected chi connectivity index (χ3v) is 7.08. The molecule has 0 saturated carbocycles. The highest BCUT2D eigenvalue weighted by atomic mass is 19.4. The van der Waals surface area contributed by atoms with Crippen LogP contribution in [0.1, 0.15) is 34.5 Å². The van der Waals surface area contributed by atoms with Gasteiger partial charge in [0, 0.05) is 43.4 Å². The number of rotatable bonds is 8. The van der Waals surface area contributed by atoms with Crippen LogP contribution in [0.4, 0.5) is 19.0 Å². The van der Waals surface area contributed by atoms with Gasteiger partial charge in [0.05, 0.1) is 11.5 Å². The summed E-state index contributed by atoms with van der Waals surface area (Å²) < 4.78 is 46.5. The number of carbonyl (C=O) groups is 2. The van der Waals surface area contributed by atoms with Crippen LogP contribution in [0.25, 0.3) is 17.0 Å². The van der Waals surface area contributed by atoms with Gasteiger partial charge in [-0.05, 0) is 67.9 Å². The SMILES string of the molecule is CN1CC=C(c2cc(C(F)(F)F)ccc2Oc2ccc(-c3nc(NCC4CCNC4=O)cc(C(N)=O)n3)cc2)CC1. The van der Waals surface area contributed by atoms with Crippen molar-refractivity contribution in [2.24, 2.45) is 11.7 Å². The molecule has 1 fully saturated rings. The van der Waals surface area contributed by atoms with Gasteiger partial charge in [-0.25, -0.2) is 9.97 Å². The van der Waals surface area contributed by atoms with Crippen molar-refractivity contribution in [3.05, 3.63) is 71.4 Å². The Kier molecular flexibility index (Phi) is 7.93. The van der Waals surface area contributed by atoms with E-state index in [-0.39, 0.29) is 23.3 Å². The Bertz CT molecular complexity index is 1490. The maximum atomic E-state index is 13.5. The molecule has 2 aromatic carbocycles. The van der Waals surface area contributed by atoms with E-state index < -0.39 is 17.6 Å². The number of nitrogens with zero attached hydrogens (tertiary/aromatic N) is 3. The van der Waals surface area contributed by atoms with Crippen molar-refractivity contribution < 1.29 is 27.5 Å². The van der Waals surface area contributed by atoms with E-state index in [0.717, 1.165) is 24.3 Å². The highest BCUT2D eigenvalue weighted by Crippen LogP contribution is 2.38. The molecule has 12 heteroatoms. The number of anilines is 1. The number of aromatic nitrogens is 2. The van der Waals surface area contributed by atoms with Gasteiger partial charge in [-0.2, -0.15) is 13.2 Å². The molecule has 1 aromatic heterocycles. The van der Waals surface area contributed by atoms with E-state index in [1.807, 2.05) is 13.1 Å². The number of nitrogens with one attached hydrogen (secondary N) is 2. The fraction of sp³-hybridized carbons (Fsp3) is 0.310. The summed E-state index contributed by atoms with van der Waals surface area (Å²) in [6.45, 7) is 2.32. The highest BCUT2D eigenvalue weighted by Gasteiger charge is 2.32. The molecule has 1 atom stereocenters. The first-order valence-electron chi connectivity index (χ1n) is 13.1. The molecule has 3 aromatic rings. The van der Waals surface area contributed by atoms with Gasteiger partial charge in [0.15, 0.2) is 5.82 Å². The molecule has 3 heterocycles. The first kappa shape index (κ1) is 28.1. The number of halogens is 3. The number of alkyl halides is 3. The first-order valence-corrected chi connectivity index (χ1v) is 13.1. The van der Waals surface area contributed by atoms with Crippen molar-refractivity contribution >= 4 is 23.2 Å². The number of benzene rings is 2. The lowest BCUT2D eigenvalue weighted by atomic mass is 9.96. The van der Waals surface area contributed by atoms with E-state index in [1.165, 1.54) is 12.1 Å². The number of carbonyl (C=O) groups excluding carboxylic acids is 2. The number of primary amides is 1. The van der Waals surface area contributed by atoms with Crippen LogP contribution >= 0.6 is 0 Å². The lowest BCUT2D eigenvalue weighted by Gasteiger charge is -2.24. The Hall–Kier alpha value is -4.45. The Morgan fingerprint density at radius 1 is 1.17 bits per heavy atom. The molecule has 0 radical (unpaired) electrons. The number of amides is 2. The molecule has 0 spiro atoms. The topological polar surface area (TPSA) is 122 Å². The van der Waals surface area contributed by atoms with Crippen LogP contribution in [0.2, 0.25) is 0 Å². The van der Waals surface area contributed by atoms with Gasteiger partial charge in [-0.3, -0.25) is 9.59 Å². The van der Waals surface area contributed by atoms with E-state index in [4.69, 9.17) is 10.5 Å². The van der Waals surface area contributed by atoms with Crippen LogP contribution in [0.5, 0.6) is 11.5 Å². The Balaban J connectivity index is 1.39. The zero-order valence-electron chi connectivity index (χ0n) is 22.3. The normalized spacial score (nSPS) is 17.6. The smallest absolute Gasteiger partial charge is 0.416 e. The van der Waals surface area contributed by atoms with Crippen LogP contribution < -0.4 is 21.1 Å². The first-order chi connectivity index (χ1) is 19.6. The molecule has 41 heavy (non-hydrogen) atoms. The maximum Gasteiger partial charge on any atom is 0.416 e. The largest absolute Gasteiger partial charge is 0.457 e. The standard InChI is InChI=1S/C29H29F3N6O3/c1-38-12-9-17(10-13-38)22-14-20(29(30,31)32)4-7-24(22)41-21-5-2-18(3-6-21)27-36-23(26(33)39)15-25(37-27)35-16-19-8-11-34-28(19)40/h2-7,9,14-15,19H,8,10-13,16H2,1H3,(H2,33,39)(H,34,40)(H,35,36,37). The third kappa shape index (κ3) is 6.65.